The number of anilines is 1. The van der Waals surface area contributed by atoms with Crippen molar-refractivity contribution in [3.8, 4) is 11.8 Å². The molecule has 1 N–H and O–H groups in total. The van der Waals surface area contributed by atoms with Crippen LogP contribution < -0.4 is 5.32 Å². The van der Waals surface area contributed by atoms with Gasteiger partial charge in [-0.1, -0.05) is 50.7 Å². The van der Waals surface area contributed by atoms with Gasteiger partial charge in [-0.25, -0.2) is 19.3 Å². The summed E-state index contributed by atoms with van der Waals surface area (Å²) in [5, 5.41) is 3.53. The molecular formula is C24H26FN5O. The van der Waals surface area contributed by atoms with E-state index in [1.54, 1.807) is 30.9 Å². The zero-order chi connectivity index (χ0) is 21.4. The van der Waals surface area contributed by atoms with Gasteiger partial charge in [-0.15, -0.1) is 0 Å². The van der Waals surface area contributed by atoms with E-state index in [4.69, 9.17) is 4.74 Å². The van der Waals surface area contributed by atoms with Crippen LogP contribution in [0.2, 0.25) is 0 Å². The number of halogens is 1. The molecule has 1 saturated carbocycles. The number of rotatable bonds is 3. The van der Waals surface area contributed by atoms with Crippen molar-refractivity contribution in [1.82, 2.24) is 19.5 Å². The Labute approximate surface area is 181 Å². The third kappa shape index (κ3) is 3.77. The van der Waals surface area contributed by atoms with Crippen LogP contribution in [0.25, 0.3) is 11.2 Å². The molecule has 1 unspecified atom stereocenters. The number of ether oxygens (including phenoxy) is 1. The van der Waals surface area contributed by atoms with Gasteiger partial charge in [0, 0.05) is 17.9 Å². The minimum absolute atomic E-state index is 0.180. The maximum atomic E-state index is 13.9. The Morgan fingerprint density at radius 3 is 2.71 bits per heavy atom. The molecule has 2 aliphatic rings. The molecule has 3 aromatic rings. The van der Waals surface area contributed by atoms with Gasteiger partial charge in [-0.3, -0.25) is 4.57 Å². The highest BCUT2D eigenvalue weighted by molar-refractivity contribution is 5.82. The number of benzene rings is 1. The van der Waals surface area contributed by atoms with Gasteiger partial charge < -0.3 is 10.1 Å². The van der Waals surface area contributed by atoms with Crippen LogP contribution in [0.1, 0.15) is 51.3 Å². The molecular weight excluding hydrogens is 393 g/mol. The second kappa shape index (κ2) is 8.27. The molecule has 4 atom stereocenters. The fourth-order valence-electron chi connectivity index (χ4n) is 4.54. The first kappa shape index (κ1) is 20.0. The van der Waals surface area contributed by atoms with E-state index in [9.17, 15) is 4.39 Å². The van der Waals surface area contributed by atoms with Crippen molar-refractivity contribution in [2.24, 2.45) is 11.8 Å². The van der Waals surface area contributed by atoms with Gasteiger partial charge in [0.25, 0.3) is 0 Å². The molecule has 0 bridgehead atoms. The van der Waals surface area contributed by atoms with Crippen LogP contribution in [0.3, 0.4) is 0 Å². The first-order chi connectivity index (χ1) is 15.1. The standard InChI is InChI=1S/C24H26FN5O/c1-15-16(2)24(31-20(15)12-11-17-7-3-6-10-19(17)25)30-14-28-21-22(26-13-27-23(21)30)29-18-8-4-5-9-18/h3,6-7,10,13-16,18,20,24H,4-5,8-9H2,1-2H3,(H,26,27,29)/t15-,16+,20+,24?/m0/s1. The van der Waals surface area contributed by atoms with Crippen molar-refractivity contribution in [2.45, 2.75) is 57.9 Å². The molecule has 7 heteroatoms. The maximum absolute atomic E-state index is 13.9. The molecule has 1 aliphatic carbocycles. The molecule has 31 heavy (non-hydrogen) atoms. The lowest BCUT2D eigenvalue weighted by Gasteiger charge is -2.18. The van der Waals surface area contributed by atoms with Crippen molar-refractivity contribution in [3.05, 3.63) is 48.3 Å². The molecule has 3 heterocycles. The molecule has 0 amide bonds. The van der Waals surface area contributed by atoms with E-state index >= 15 is 0 Å². The third-order valence-electron chi connectivity index (χ3n) is 6.59. The molecule has 5 rings (SSSR count). The number of imidazole rings is 1. The molecule has 160 valence electrons. The normalized spacial score (nSPS) is 26.2. The van der Waals surface area contributed by atoms with Gasteiger partial charge in [0.1, 0.15) is 24.5 Å². The molecule has 1 aliphatic heterocycles. The molecule has 1 aromatic carbocycles. The topological polar surface area (TPSA) is 64.9 Å². The highest BCUT2D eigenvalue weighted by Gasteiger charge is 2.40. The lowest BCUT2D eigenvalue weighted by atomic mass is 9.93. The van der Waals surface area contributed by atoms with Gasteiger partial charge >= 0.3 is 0 Å². The van der Waals surface area contributed by atoms with E-state index in [-0.39, 0.29) is 30.0 Å². The largest absolute Gasteiger partial charge is 0.365 e. The van der Waals surface area contributed by atoms with E-state index in [1.807, 2.05) is 4.57 Å². The van der Waals surface area contributed by atoms with E-state index in [0.717, 1.165) is 29.8 Å². The number of fused-ring (bicyclic) bond motifs is 1. The van der Waals surface area contributed by atoms with Crippen LogP contribution in [0.4, 0.5) is 10.2 Å². The number of nitrogens with zero attached hydrogens (tertiary/aromatic N) is 4. The Morgan fingerprint density at radius 2 is 1.90 bits per heavy atom. The summed E-state index contributed by atoms with van der Waals surface area (Å²) in [5.41, 5.74) is 1.90. The Hall–Kier alpha value is -2.98. The van der Waals surface area contributed by atoms with E-state index in [2.05, 4.69) is 46.0 Å². The van der Waals surface area contributed by atoms with Gasteiger partial charge in [0.2, 0.25) is 0 Å². The van der Waals surface area contributed by atoms with Crippen LogP contribution in [-0.2, 0) is 4.74 Å². The minimum atomic E-state index is -0.315. The van der Waals surface area contributed by atoms with Crippen LogP contribution >= 0.6 is 0 Å². The summed E-state index contributed by atoms with van der Waals surface area (Å²) in [4.78, 5) is 13.5. The van der Waals surface area contributed by atoms with Crippen molar-refractivity contribution in [3.63, 3.8) is 0 Å². The van der Waals surface area contributed by atoms with Crippen molar-refractivity contribution in [1.29, 1.82) is 0 Å². The minimum Gasteiger partial charge on any atom is -0.365 e. The molecule has 2 fully saturated rings. The first-order valence-electron chi connectivity index (χ1n) is 11.0. The third-order valence-corrected chi connectivity index (χ3v) is 6.59. The Balaban J connectivity index is 1.41. The lowest BCUT2D eigenvalue weighted by molar-refractivity contribution is 0.0132. The van der Waals surface area contributed by atoms with E-state index in [1.165, 1.54) is 18.9 Å². The summed E-state index contributed by atoms with van der Waals surface area (Å²) < 4.78 is 22.2. The summed E-state index contributed by atoms with van der Waals surface area (Å²) in [6.45, 7) is 4.26. The van der Waals surface area contributed by atoms with Crippen LogP contribution in [0.5, 0.6) is 0 Å². The number of aromatic nitrogens is 4. The number of hydrogen-bond acceptors (Lipinski definition) is 5. The van der Waals surface area contributed by atoms with Crippen LogP contribution in [-0.4, -0.2) is 31.7 Å². The molecule has 1 saturated heterocycles. The van der Waals surface area contributed by atoms with Crippen molar-refractivity contribution < 1.29 is 9.13 Å². The SMILES string of the molecule is C[C@@H]1[C@@H](C#Cc2ccccc2F)OC(n2cnc3c(NC4CCCC4)ncnc32)[C@@H]1C. The molecule has 0 radical (unpaired) electrons. The Kier molecular flexibility index (Phi) is 5.33. The zero-order valence-corrected chi connectivity index (χ0v) is 17.8. The summed E-state index contributed by atoms with van der Waals surface area (Å²) >= 11 is 0. The molecule has 2 aromatic heterocycles. The average molecular weight is 420 g/mol. The highest BCUT2D eigenvalue weighted by Crippen LogP contribution is 2.40. The highest BCUT2D eigenvalue weighted by atomic mass is 19.1. The van der Waals surface area contributed by atoms with Gasteiger partial charge in [-0.2, -0.15) is 0 Å². The second-order valence-corrected chi connectivity index (χ2v) is 8.59. The number of hydrogen-bond donors (Lipinski definition) is 1. The second-order valence-electron chi connectivity index (χ2n) is 8.59. The fourth-order valence-corrected chi connectivity index (χ4v) is 4.54. The smallest absolute Gasteiger partial charge is 0.167 e. The molecule has 6 nitrogen and oxygen atoms in total. The molecule has 0 spiro atoms. The predicted molar refractivity (Wildman–Crippen MR) is 117 cm³/mol. The maximum Gasteiger partial charge on any atom is 0.167 e. The average Bonchev–Trinajstić information content (AvgIpc) is 3.50. The van der Waals surface area contributed by atoms with E-state index < -0.39 is 0 Å². The summed E-state index contributed by atoms with van der Waals surface area (Å²) in [6.07, 6.45) is 7.64. The first-order valence-corrected chi connectivity index (χ1v) is 11.0. The zero-order valence-electron chi connectivity index (χ0n) is 17.8. The van der Waals surface area contributed by atoms with Crippen LogP contribution in [0.15, 0.2) is 36.9 Å². The summed E-state index contributed by atoms with van der Waals surface area (Å²) in [5.74, 6) is 6.92. The van der Waals surface area contributed by atoms with E-state index in [0.29, 0.717) is 11.6 Å². The number of nitrogens with one attached hydrogen (secondary N) is 1. The van der Waals surface area contributed by atoms with Crippen molar-refractivity contribution in [2.75, 3.05) is 5.32 Å². The Morgan fingerprint density at radius 1 is 1.10 bits per heavy atom. The monoisotopic (exact) mass is 419 g/mol. The van der Waals surface area contributed by atoms with Gasteiger partial charge in [0.15, 0.2) is 17.0 Å². The quantitative estimate of drug-likeness (QED) is 0.632. The van der Waals surface area contributed by atoms with Crippen LogP contribution in [0, 0.1) is 29.5 Å². The summed E-state index contributed by atoms with van der Waals surface area (Å²) in [6, 6.07) is 6.99. The van der Waals surface area contributed by atoms with Gasteiger partial charge in [0.05, 0.1) is 11.9 Å². The van der Waals surface area contributed by atoms with Gasteiger partial charge in [-0.05, 0) is 25.0 Å². The Bertz CT molecular complexity index is 1140. The lowest BCUT2D eigenvalue weighted by Crippen LogP contribution is -2.17. The predicted octanol–water partition coefficient (Wildman–Crippen LogP) is 4.54. The summed E-state index contributed by atoms with van der Waals surface area (Å²) in [7, 11) is 0. The van der Waals surface area contributed by atoms with Crippen molar-refractivity contribution >= 4 is 17.0 Å². The fraction of sp³-hybridized carbons (Fsp3) is 0.458.